The molecule has 2 aromatic rings. The van der Waals surface area contributed by atoms with Crippen LogP contribution < -0.4 is 5.32 Å². The molecule has 1 N–H and O–H groups in total. The molecule has 0 aromatic carbocycles. The van der Waals surface area contributed by atoms with Crippen LogP contribution >= 0.6 is 0 Å². The van der Waals surface area contributed by atoms with E-state index in [2.05, 4.69) is 44.2 Å². The maximum atomic E-state index is 5.90. The van der Waals surface area contributed by atoms with Crippen molar-refractivity contribution in [1.29, 1.82) is 0 Å². The quantitative estimate of drug-likeness (QED) is 0.900. The van der Waals surface area contributed by atoms with Crippen LogP contribution in [0.1, 0.15) is 41.0 Å². The first-order valence-corrected chi connectivity index (χ1v) is 6.82. The summed E-state index contributed by atoms with van der Waals surface area (Å²) in [6.45, 7) is 12.9. The Morgan fingerprint density at radius 2 is 2.00 bits per heavy atom. The van der Waals surface area contributed by atoms with Gasteiger partial charge in [-0.25, -0.2) is 0 Å². The molecule has 19 heavy (non-hydrogen) atoms. The number of hydrogen-bond acceptors (Lipinski definition) is 3. The van der Waals surface area contributed by atoms with Crippen LogP contribution in [0.15, 0.2) is 10.5 Å². The highest BCUT2D eigenvalue weighted by molar-refractivity contribution is 5.24. The summed E-state index contributed by atoms with van der Waals surface area (Å²) in [7, 11) is 0. The minimum atomic E-state index is 0.702. The predicted molar refractivity (Wildman–Crippen MR) is 76.4 cm³/mol. The molecular formula is C15H23N3O. The van der Waals surface area contributed by atoms with Gasteiger partial charge in [-0.1, -0.05) is 6.92 Å². The molecule has 104 valence electrons. The number of hydrogen-bond donors (Lipinski definition) is 1. The predicted octanol–water partition coefficient (Wildman–Crippen LogP) is 2.87. The van der Waals surface area contributed by atoms with Gasteiger partial charge in [0, 0.05) is 5.69 Å². The lowest BCUT2D eigenvalue weighted by Gasteiger charge is -2.02. The van der Waals surface area contributed by atoms with E-state index in [1.165, 1.54) is 16.8 Å². The van der Waals surface area contributed by atoms with Gasteiger partial charge < -0.3 is 9.73 Å². The van der Waals surface area contributed by atoms with E-state index in [0.717, 1.165) is 30.3 Å². The summed E-state index contributed by atoms with van der Waals surface area (Å²) >= 11 is 0. The second-order valence-electron chi connectivity index (χ2n) is 5.05. The highest BCUT2D eigenvalue weighted by Gasteiger charge is 2.11. The van der Waals surface area contributed by atoms with Crippen molar-refractivity contribution in [2.45, 2.75) is 47.7 Å². The van der Waals surface area contributed by atoms with Gasteiger partial charge in [0.2, 0.25) is 0 Å². The number of aromatic nitrogens is 2. The summed E-state index contributed by atoms with van der Waals surface area (Å²) in [5.74, 6) is 1.99. The topological polar surface area (TPSA) is 43.0 Å². The molecule has 0 aliphatic rings. The van der Waals surface area contributed by atoms with Crippen LogP contribution in [0.4, 0.5) is 0 Å². The Kier molecular flexibility index (Phi) is 4.10. The molecule has 0 aliphatic heterocycles. The lowest BCUT2D eigenvalue weighted by molar-refractivity contribution is 0.428. The number of nitrogens with zero attached hydrogens (tertiary/aromatic N) is 2. The minimum Gasteiger partial charge on any atom is -0.462 e. The standard InChI is InChI=1S/C15H23N3O/c1-6-16-8-15-10(2)7-14(19-15)9-18-13(5)11(3)12(4)17-18/h7,16H,6,8-9H2,1-5H3. The van der Waals surface area contributed by atoms with E-state index >= 15 is 0 Å². The maximum Gasteiger partial charge on any atom is 0.126 e. The lowest BCUT2D eigenvalue weighted by atomic mass is 10.2. The number of rotatable bonds is 5. The van der Waals surface area contributed by atoms with Crippen molar-refractivity contribution in [2.24, 2.45) is 0 Å². The van der Waals surface area contributed by atoms with E-state index in [-0.39, 0.29) is 0 Å². The second kappa shape index (κ2) is 5.61. The van der Waals surface area contributed by atoms with Gasteiger partial charge >= 0.3 is 0 Å². The summed E-state index contributed by atoms with van der Waals surface area (Å²) in [6.07, 6.45) is 0. The minimum absolute atomic E-state index is 0.702. The number of nitrogens with one attached hydrogen (secondary N) is 1. The maximum absolute atomic E-state index is 5.90. The molecule has 0 atom stereocenters. The third-order valence-electron chi connectivity index (χ3n) is 3.66. The van der Waals surface area contributed by atoms with Crippen LogP contribution in [-0.2, 0) is 13.1 Å². The van der Waals surface area contributed by atoms with Crippen molar-refractivity contribution in [3.8, 4) is 0 Å². The van der Waals surface area contributed by atoms with Crippen LogP contribution in [-0.4, -0.2) is 16.3 Å². The van der Waals surface area contributed by atoms with Crippen LogP contribution in [0.2, 0.25) is 0 Å². The van der Waals surface area contributed by atoms with Crippen LogP contribution in [0.3, 0.4) is 0 Å². The molecule has 0 radical (unpaired) electrons. The van der Waals surface area contributed by atoms with Crippen LogP contribution in [0, 0.1) is 27.7 Å². The molecule has 0 saturated carbocycles. The normalized spacial score (nSPS) is 11.2. The Morgan fingerprint density at radius 1 is 1.26 bits per heavy atom. The van der Waals surface area contributed by atoms with Crippen molar-refractivity contribution in [3.05, 3.63) is 40.1 Å². The highest BCUT2D eigenvalue weighted by atomic mass is 16.3. The number of furan rings is 1. The molecule has 0 unspecified atom stereocenters. The highest BCUT2D eigenvalue weighted by Crippen LogP contribution is 2.18. The first-order valence-electron chi connectivity index (χ1n) is 6.82. The van der Waals surface area contributed by atoms with Gasteiger partial charge in [-0.15, -0.1) is 0 Å². The first-order chi connectivity index (χ1) is 9.02. The molecule has 2 rings (SSSR count). The molecule has 0 amide bonds. The Hall–Kier alpha value is -1.55. The fourth-order valence-corrected chi connectivity index (χ4v) is 2.17. The largest absolute Gasteiger partial charge is 0.462 e. The second-order valence-corrected chi connectivity index (χ2v) is 5.05. The average Bonchev–Trinajstić information content (AvgIpc) is 2.83. The summed E-state index contributed by atoms with van der Waals surface area (Å²) in [4.78, 5) is 0. The van der Waals surface area contributed by atoms with Gasteiger partial charge in [0.25, 0.3) is 0 Å². The van der Waals surface area contributed by atoms with Crippen LogP contribution in [0.5, 0.6) is 0 Å². The van der Waals surface area contributed by atoms with Crippen molar-refractivity contribution >= 4 is 0 Å². The Bertz CT molecular complexity index is 566. The molecule has 4 heteroatoms. The Labute approximate surface area is 114 Å². The SMILES string of the molecule is CCNCc1oc(Cn2nc(C)c(C)c2C)cc1C. The molecule has 0 fully saturated rings. The third-order valence-corrected chi connectivity index (χ3v) is 3.66. The van der Waals surface area contributed by atoms with E-state index in [9.17, 15) is 0 Å². The van der Waals surface area contributed by atoms with E-state index in [1.54, 1.807) is 0 Å². The summed E-state index contributed by atoms with van der Waals surface area (Å²) in [6, 6.07) is 2.11. The van der Waals surface area contributed by atoms with Crippen molar-refractivity contribution in [1.82, 2.24) is 15.1 Å². The van der Waals surface area contributed by atoms with E-state index in [0.29, 0.717) is 6.54 Å². The number of aryl methyl sites for hydroxylation is 2. The average molecular weight is 261 g/mol. The zero-order valence-electron chi connectivity index (χ0n) is 12.5. The molecule has 2 aromatic heterocycles. The molecule has 0 aliphatic carbocycles. The van der Waals surface area contributed by atoms with Gasteiger partial charge in [-0.05, 0) is 51.4 Å². The monoisotopic (exact) mass is 261 g/mol. The fourth-order valence-electron chi connectivity index (χ4n) is 2.17. The fraction of sp³-hybridized carbons (Fsp3) is 0.533. The Morgan fingerprint density at radius 3 is 2.58 bits per heavy atom. The molecular weight excluding hydrogens is 238 g/mol. The van der Waals surface area contributed by atoms with Gasteiger partial charge in [0.15, 0.2) is 0 Å². The van der Waals surface area contributed by atoms with Gasteiger partial charge in [-0.3, -0.25) is 4.68 Å². The lowest BCUT2D eigenvalue weighted by Crippen LogP contribution is -2.11. The van der Waals surface area contributed by atoms with Gasteiger partial charge in [0.1, 0.15) is 11.5 Å². The van der Waals surface area contributed by atoms with E-state index in [4.69, 9.17) is 4.42 Å². The van der Waals surface area contributed by atoms with Gasteiger partial charge in [0.05, 0.1) is 18.8 Å². The molecule has 2 heterocycles. The van der Waals surface area contributed by atoms with E-state index in [1.807, 2.05) is 11.6 Å². The van der Waals surface area contributed by atoms with Gasteiger partial charge in [-0.2, -0.15) is 5.10 Å². The smallest absolute Gasteiger partial charge is 0.126 e. The third kappa shape index (κ3) is 2.89. The molecule has 0 spiro atoms. The molecule has 4 nitrogen and oxygen atoms in total. The zero-order chi connectivity index (χ0) is 14.0. The molecule has 0 bridgehead atoms. The summed E-state index contributed by atoms with van der Waals surface area (Å²) < 4.78 is 7.92. The summed E-state index contributed by atoms with van der Waals surface area (Å²) in [5, 5.41) is 7.84. The first kappa shape index (κ1) is 13.9. The van der Waals surface area contributed by atoms with E-state index < -0.39 is 0 Å². The molecule has 0 saturated heterocycles. The van der Waals surface area contributed by atoms with Crippen molar-refractivity contribution in [3.63, 3.8) is 0 Å². The Balaban J connectivity index is 2.17. The zero-order valence-corrected chi connectivity index (χ0v) is 12.5. The van der Waals surface area contributed by atoms with Crippen molar-refractivity contribution in [2.75, 3.05) is 6.54 Å². The van der Waals surface area contributed by atoms with Crippen LogP contribution in [0.25, 0.3) is 0 Å². The summed E-state index contributed by atoms with van der Waals surface area (Å²) in [5.41, 5.74) is 4.76. The van der Waals surface area contributed by atoms with Crippen molar-refractivity contribution < 1.29 is 4.42 Å².